The largest absolute Gasteiger partial charge is 0.496 e. The van der Waals surface area contributed by atoms with E-state index in [4.69, 9.17) is 18.6 Å². The van der Waals surface area contributed by atoms with Gasteiger partial charge < -0.3 is 23.9 Å². The smallest absolute Gasteiger partial charge is 0.342 e. The third kappa shape index (κ3) is 3.65. The zero-order chi connectivity index (χ0) is 21.1. The number of hydrogen-bond acceptors (Lipinski definition) is 6. The van der Waals surface area contributed by atoms with E-state index in [-0.39, 0.29) is 5.56 Å². The fourth-order valence-corrected chi connectivity index (χ4v) is 3.23. The Labute approximate surface area is 172 Å². The first-order valence-electron chi connectivity index (χ1n) is 9.20. The first kappa shape index (κ1) is 19.3. The van der Waals surface area contributed by atoms with Gasteiger partial charge in [0, 0.05) is 16.8 Å². The van der Waals surface area contributed by atoms with Crippen molar-refractivity contribution in [3.8, 4) is 11.5 Å². The number of anilines is 1. The van der Waals surface area contributed by atoms with Crippen molar-refractivity contribution in [2.75, 3.05) is 26.1 Å². The lowest BCUT2D eigenvalue weighted by molar-refractivity contribution is -0.119. The number of hydrogen-bond donors (Lipinski definition) is 1. The maximum absolute atomic E-state index is 12.4. The van der Waals surface area contributed by atoms with E-state index in [1.807, 2.05) is 24.3 Å². The summed E-state index contributed by atoms with van der Waals surface area (Å²) in [5, 5.41) is 4.53. The summed E-state index contributed by atoms with van der Waals surface area (Å²) in [6, 6.07) is 17.8. The quantitative estimate of drug-likeness (QED) is 0.479. The molecule has 4 rings (SSSR count). The molecule has 7 heteroatoms. The van der Waals surface area contributed by atoms with Crippen LogP contribution in [0.4, 0.5) is 5.69 Å². The lowest BCUT2D eigenvalue weighted by Gasteiger charge is -2.11. The van der Waals surface area contributed by atoms with Gasteiger partial charge in [-0.1, -0.05) is 30.3 Å². The van der Waals surface area contributed by atoms with E-state index in [0.29, 0.717) is 22.8 Å². The van der Waals surface area contributed by atoms with E-state index < -0.39 is 18.5 Å². The number of carbonyl (C=O) groups excluding carboxylic acids is 2. The molecule has 0 fully saturated rings. The minimum Gasteiger partial charge on any atom is -0.496 e. The second-order valence-electron chi connectivity index (χ2n) is 6.47. The van der Waals surface area contributed by atoms with Gasteiger partial charge in [0.15, 0.2) is 6.61 Å². The Kier molecular flexibility index (Phi) is 5.26. The van der Waals surface area contributed by atoms with Gasteiger partial charge in [-0.3, -0.25) is 4.79 Å². The highest BCUT2D eigenvalue weighted by Crippen LogP contribution is 2.36. The van der Waals surface area contributed by atoms with Crippen LogP contribution in [-0.4, -0.2) is 32.7 Å². The molecule has 3 aromatic carbocycles. The summed E-state index contributed by atoms with van der Waals surface area (Å²) in [4.78, 5) is 24.6. The van der Waals surface area contributed by atoms with E-state index in [1.165, 1.54) is 14.2 Å². The van der Waals surface area contributed by atoms with E-state index in [1.54, 1.807) is 36.4 Å². The summed E-state index contributed by atoms with van der Waals surface area (Å²) in [5.41, 5.74) is 2.01. The summed E-state index contributed by atoms with van der Waals surface area (Å²) < 4.78 is 21.5. The van der Waals surface area contributed by atoms with Crippen LogP contribution in [0.25, 0.3) is 21.9 Å². The molecule has 0 spiro atoms. The van der Waals surface area contributed by atoms with Gasteiger partial charge in [-0.25, -0.2) is 4.79 Å². The molecule has 0 aliphatic rings. The molecule has 7 nitrogen and oxygen atoms in total. The van der Waals surface area contributed by atoms with Crippen molar-refractivity contribution >= 4 is 39.5 Å². The highest BCUT2D eigenvalue weighted by atomic mass is 16.5. The summed E-state index contributed by atoms with van der Waals surface area (Å²) in [5.74, 6) is -0.312. The number of ether oxygens (including phenoxy) is 3. The van der Waals surface area contributed by atoms with Crippen molar-refractivity contribution in [2.45, 2.75) is 0 Å². The van der Waals surface area contributed by atoms with Gasteiger partial charge in [0.1, 0.15) is 28.2 Å². The zero-order valence-electron chi connectivity index (χ0n) is 16.4. The third-order valence-corrected chi connectivity index (χ3v) is 4.63. The Hall–Kier alpha value is -4.00. The Bertz CT molecular complexity index is 1240. The SMILES string of the molecule is COc1cc2c(cc1NC(=O)COC(=O)c1ccccc1OC)oc1ccccc12. The fraction of sp³-hybridized carbons (Fsp3) is 0.130. The predicted molar refractivity (Wildman–Crippen MR) is 112 cm³/mol. The standard InChI is InChI=1S/C23H19NO6/c1-27-18-9-5-4-8-15(18)23(26)29-13-22(25)24-17-12-20-16(11-21(17)28-2)14-7-3-6-10-19(14)30-20/h3-12H,13H2,1-2H3,(H,24,25). The van der Waals surface area contributed by atoms with Crippen molar-refractivity contribution in [3.63, 3.8) is 0 Å². The molecule has 1 N–H and O–H groups in total. The van der Waals surface area contributed by atoms with Crippen LogP contribution in [0.15, 0.2) is 65.1 Å². The molecule has 0 bridgehead atoms. The topological polar surface area (TPSA) is 87.0 Å². The molecule has 0 aliphatic heterocycles. The molecule has 152 valence electrons. The number of nitrogens with one attached hydrogen (secondary N) is 1. The summed E-state index contributed by atoms with van der Waals surface area (Å²) >= 11 is 0. The number of benzene rings is 3. The van der Waals surface area contributed by atoms with Gasteiger partial charge in [0.2, 0.25) is 0 Å². The normalized spacial score (nSPS) is 10.7. The molecular formula is C23H19NO6. The van der Waals surface area contributed by atoms with Crippen LogP contribution in [0.3, 0.4) is 0 Å². The predicted octanol–water partition coefficient (Wildman–Crippen LogP) is 4.40. The van der Waals surface area contributed by atoms with Gasteiger partial charge in [-0.2, -0.15) is 0 Å². The number of esters is 1. The minimum absolute atomic E-state index is 0.245. The van der Waals surface area contributed by atoms with E-state index in [2.05, 4.69) is 5.32 Å². The maximum atomic E-state index is 12.4. The lowest BCUT2D eigenvalue weighted by atomic mass is 10.1. The number of methoxy groups -OCH3 is 2. The molecule has 0 radical (unpaired) electrons. The highest BCUT2D eigenvalue weighted by molar-refractivity contribution is 6.08. The summed E-state index contributed by atoms with van der Waals surface area (Å²) in [6.45, 7) is -0.460. The molecule has 0 saturated carbocycles. The first-order valence-corrected chi connectivity index (χ1v) is 9.20. The molecular weight excluding hydrogens is 386 g/mol. The molecule has 0 aliphatic carbocycles. The summed E-state index contributed by atoms with van der Waals surface area (Å²) in [7, 11) is 2.97. The third-order valence-electron chi connectivity index (χ3n) is 4.63. The van der Waals surface area contributed by atoms with Crippen LogP contribution in [0.1, 0.15) is 10.4 Å². The van der Waals surface area contributed by atoms with Gasteiger partial charge in [-0.05, 0) is 24.3 Å². The van der Waals surface area contributed by atoms with Crippen molar-refractivity contribution in [2.24, 2.45) is 0 Å². The average molecular weight is 405 g/mol. The van der Waals surface area contributed by atoms with Crippen molar-refractivity contribution in [1.29, 1.82) is 0 Å². The Morgan fingerprint density at radius 1 is 0.867 bits per heavy atom. The number of fused-ring (bicyclic) bond motifs is 3. The summed E-state index contributed by atoms with van der Waals surface area (Å²) in [6.07, 6.45) is 0. The molecule has 1 heterocycles. The lowest BCUT2D eigenvalue weighted by Crippen LogP contribution is -2.21. The molecule has 30 heavy (non-hydrogen) atoms. The van der Waals surface area contributed by atoms with Crippen LogP contribution in [0.5, 0.6) is 11.5 Å². The molecule has 0 atom stereocenters. The Balaban J connectivity index is 1.51. The van der Waals surface area contributed by atoms with E-state index >= 15 is 0 Å². The molecule has 1 aromatic heterocycles. The van der Waals surface area contributed by atoms with Gasteiger partial charge in [-0.15, -0.1) is 0 Å². The minimum atomic E-state index is -0.651. The van der Waals surface area contributed by atoms with Crippen molar-refractivity contribution in [3.05, 3.63) is 66.2 Å². The van der Waals surface area contributed by atoms with Crippen LogP contribution >= 0.6 is 0 Å². The fourth-order valence-electron chi connectivity index (χ4n) is 3.23. The monoisotopic (exact) mass is 405 g/mol. The molecule has 1 amide bonds. The van der Waals surface area contributed by atoms with Crippen LogP contribution < -0.4 is 14.8 Å². The Morgan fingerprint density at radius 2 is 1.60 bits per heavy atom. The number of rotatable bonds is 6. The Morgan fingerprint density at radius 3 is 2.40 bits per heavy atom. The highest BCUT2D eigenvalue weighted by Gasteiger charge is 2.17. The number of carbonyl (C=O) groups is 2. The van der Waals surface area contributed by atoms with Crippen molar-refractivity contribution < 1.29 is 28.2 Å². The maximum Gasteiger partial charge on any atom is 0.342 e. The average Bonchev–Trinajstić information content (AvgIpc) is 3.14. The van der Waals surface area contributed by atoms with Crippen LogP contribution in [-0.2, 0) is 9.53 Å². The second kappa shape index (κ2) is 8.16. The van der Waals surface area contributed by atoms with Gasteiger partial charge in [0.25, 0.3) is 5.91 Å². The zero-order valence-corrected chi connectivity index (χ0v) is 16.4. The van der Waals surface area contributed by atoms with Gasteiger partial charge >= 0.3 is 5.97 Å². The molecule has 0 saturated heterocycles. The number of furan rings is 1. The molecule has 4 aromatic rings. The molecule has 0 unspecified atom stereocenters. The number of para-hydroxylation sites is 2. The number of amides is 1. The van der Waals surface area contributed by atoms with Crippen LogP contribution in [0.2, 0.25) is 0 Å². The van der Waals surface area contributed by atoms with E-state index in [9.17, 15) is 9.59 Å². The van der Waals surface area contributed by atoms with E-state index in [0.717, 1.165) is 16.4 Å². The van der Waals surface area contributed by atoms with Crippen LogP contribution in [0, 0.1) is 0 Å². The first-order chi connectivity index (χ1) is 14.6. The second-order valence-corrected chi connectivity index (χ2v) is 6.47. The van der Waals surface area contributed by atoms with Crippen molar-refractivity contribution in [1.82, 2.24) is 0 Å². The van der Waals surface area contributed by atoms with Gasteiger partial charge in [0.05, 0.1) is 19.9 Å².